The Morgan fingerprint density at radius 3 is 2.91 bits per heavy atom. The number of aliphatic hydroxyl groups excluding tert-OH is 1. The number of fused-ring (bicyclic) bond motifs is 1. The van der Waals surface area contributed by atoms with Crippen LogP contribution in [0.1, 0.15) is 25.7 Å². The topological polar surface area (TPSA) is 29.5 Å². The molecule has 0 spiro atoms. The van der Waals surface area contributed by atoms with Gasteiger partial charge in [0.05, 0.1) is 6.10 Å². The molecule has 2 aliphatic rings. The van der Waals surface area contributed by atoms with E-state index >= 15 is 0 Å². The monoisotopic (exact) mass is 268 g/mol. The summed E-state index contributed by atoms with van der Waals surface area (Å²) in [5, 5.41) is 9.25. The molecule has 1 saturated carbocycles. The molecule has 1 aliphatic heterocycles. The van der Waals surface area contributed by atoms with Crippen molar-refractivity contribution in [1.29, 1.82) is 0 Å². The maximum absolute atomic E-state index is 9.25. The van der Waals surface area contributed by atoms with Crippen molar-refractivity contribution in [1.82, 2.24) is 0 Å². The Labute approximate surface area is 80.5 Å². The summed E-state index contributed by atoms with van der Waals surface area (Å²) >= 11 is 2.45. The Kier molecular flexibility index (Phi) is 2.39. The van der Waals surface area contributed by atoms with Crippen molar-refractivity contribution < 1.29 is 9.84 Å². The van der Waals surface area contributed by atoms with E-state index in [-0.39, 0.29) is 0 Å². The third kappa shape index (κ3) is 1.55. The summed E-state index contributed by atoms with van der Waals surface area (Å²) in [6, 6.07) is 0. The minimum absolute atomic E-state index is 0.347. The van der Waals surface area contributed by atoms with Gasteiger partial charge in [-0.2, -0.15) is 0 Å². The average molecular weight is 268 g/mol. The van der Waals surface area contributed by atoms with Gasteiger partial charge < -0.3 is 9.84 Å². The molecule has 1 aliphatic carbocycles. The molecule has 0 aromatic rings. The predicted molar refractivity (Wildman–Crippen MR) is 50.6 cm³/mol. The Hall–Kier alpha value is 0.650. The van der Waals surface area contributed by atoms with Crippen LogP contribution in [0.2, 0.25) is 0 Å². The van der Waals surface area contributed by atoms with E-state index in [1.165, 1.54) is 19.3 Å². The van der Waals surface area contributed by atoms with E-state index < -0.39 is 6.29 Å². The number of hydrogen-bond acceptors (Lipinski definition) is 2. The summed E-state index contributed by atoms with van der Waals surface area (Å²) in [7, 11) is 0. The third-order valence-corrected chi connectivity index (χ3v) is 4.03. The second-order valence-corrected chi connectivity index (χ2v) is 5.10. The molecule has 2 nitrogen and oxygen atoms in total. The first kappa shape index (κ1) is 8.26. The van der Waals surface area contributed by atoms with Gasteiger partial charge in [-0.15, -0.1) is 0 Å². The van der Waals surface area contributed by atoms with E-state index in [9.17, 15) is 5.11 Å². The van der Waals surface area contributed by atoms with Crippen molar-refractivity contribution in [3.05, 3.63) is 0 Å². The van der Waals surface area contributed by atoms with Gasteiger partial charge in [0.25, 0.3) is 0 Å². The second kappa shape index (κ2) is 3.18. The zero-order valence-corrected chi connectivity index (χ0v) is 8.53. The lowest BCUT2D eigenvalue weighted by molar-refractivity contribution is -0.0929. The zero-order chi connectivity index (χ0) is 7.84. The maximum atomic E-state index is 9.25. The second-order valence-electron chi connectivity index (χ2n) is 3.50. The average Bonchev–Trinajstić information content (AvgIpc) is 2.31. The highest BCUT2D eigenvalue weighted by molar-refractivity contribution is 14.1. The van der Waals surface area contributed by atoms with Crippen molar-refractivity contribution in [3.8, 4) is 0 Å². The first-order valence-corrected chi connectivity index (χ1v) is 5.49. The first-order valence-electron chi connectivity index (χ1n) is 4.25. The lowest BCUT2D eigenvalue weighted by atomic mass is 9.86. The Morgan fingerprint density at radius 1 is 1.36 bits per heavy atom. The minimum Gasteiger partial charge on any atom is -0.368 e. The summed E-state index contributed by atoms with van der Waals surface area (Å²) in [6.45, 7) is 0. The molecule has 64 valence electrons. The highest BCUT2D eigenvalue weighted by Gasteiger charge is 2.40. The van der Waals surface area contributed by atoms with Gasteiger partial charge in [-0.1, -0.05) is 29.0 Å². The molecule has 1 saturated heterocycles. The summed E-state index contributed by atoms with van der Waals surface area (Å²) in [6.07, 6.45) is 4.56. The van der Waals surface area contributed by atoms with E-state index in [0.29, 0.717) is 15.9 Å². The minimum atomic E-state index is -0.472. The molecular formula is C8H13IO2. The van der Waals surface area contributed by atoms with E-state index in [4.69, 9.17) is 4.74 Å². The first-order chi connectivity index (χ1) is 5.27. The molecule has 11 heavy (non-hydrogen) atoms. The van der Waals surface area contributed by atoms with Crippen LogP contribution in [0.3, 0.4) is 0 Å². The van der Waals surface area contributed by atoms with Crippen molar-refractivity contribution in [2.24, 2.45) is 5.92 Å². The van der Waals surface area contributed by atoms with Gasteiger partial charge in [0.2, 0.25) is 0 Å². The number of halogens is 1. The standard InChI is InChI=1S/C8H13IO2/c9-6-3-1-2-5-4-7(10)11-8(5)6/h5-8,10H,1-4H2/t5-,6+,7+,8+/m0/s1. The normalized spacial score (nSPS) is 50.7. The zero-order valence-electron chi connectivity index (χ0n) is 6.37. The largest absolute Gasteiger partial charge is 0.368 e. The Bertz CT molecular complexity index is 151. The molecule has 0 radical (unpaired) electrons. The number of hydrogen-bond donors (Lipinski definition) is 1. The van der Waals surface area contributed by atoms with Crippen LogP contribution in [0.5, 0.6) is 0 Å². The molecule has 0 aromatic heterocycles. The molecular weight excluding hydrogens is 255 g/mol. The highest BCUT2D eigenvalue weighted by atomic mass is 127. The fourth-order valence-electron chi connectivity index (χ4n) is 2.14. The Balaban J connectivity index is 2.03. The smallest absolute Gasteiger partial charge is 0.155 e. The summed E-state index contributed by atoms with van der Waals surface area (Å²) in [4.78, 5) is 0. The van der Waals surface area contributed by atoms with Crippen LogP contribution in [-0.2, 0) is 4.74 Å². The van der Waals surface area contributed by atoms with Crippen molar-refractivity contribution in [3.63, 3.8) is 0 Å². The molecule has 0 aromatic carbocycles. The van der Waals surface area contributed by atoms with Crippen LogP contribution < -0.4 is 0 Å². The molecule has 0 amide bonds. The molecule has 3 heteroatoms. The molecule has 1 heterocycles. The van der Waals surface area contributed by atoms with E-state index in [1.54, 1.807) is 0 Å². The van der Waals surface area contributed by atoms with Crippen LogP contribution in [0.15, 0.2) is 0 Å². The lowest BCUT2D eigenvalue weighted by Gasteiger charge is -2.28. The summed E-state index contributed by atoms with van der Waals surface area (Å²) < 4.78 is 6.05. The van der Waals surface area contributed by atoms with Gasteiger partial charge in [0.1, 0.15) is 0 Å². The summed E-state index contributed by atoms with van der Waals surface area (Å²) in [5.74, 6) is 0.639. The van der Waals surface area contributed by atoms with Crippen LogP contribution in [0, 0.1) is 5.92 Å². The number of aliphatic hydroxyl groups is 1. The highest BCUT2D eigenvalue weighted by Crippen LogP contribution is 2.39. The predicted octanol–water partition coefficient (Wildman–Crippen LogP) is 1.70. The van der Waals surface area contributed by atoms with E-state index in [0.717, 1.165) is 6.42 Å². The molecule has 0 bridgehead atoms. The van der Waals surface area contributed by atoms with Crippen molar-refractivity contribution in [2.45, 2.75) is 42.0 Å². The number of ether oxygens (including phenoxy) is 1. The fraction of sp³-hybridized carbons (Fsp3) is 1.00. The van der Waals surface area contributed by atoms with Gasteiger partial charge in [0, 0.05) is 10.3 Å². The van der Waals surface area contributed by atoms with Crippen LogP contribution >= 0.6 is 22.6 Å². The Morgan fingerprint density at radius 2 is 2.18 bits per heavy atom. The molecule has 0 unspecified atom stereocenters. The van der Waals surface area contributed by atoms with Crippen molar-refractivity contribution in [2.75, 3.05) is 0 Å². The maximum Gasteiger partial charge on any atom is 0.155 e. The molecule has 1 N–H and O–H groups in total. The van der Waals surface area contributed by atoms with Gasteiger partial charge in [-0.3, -0.25) is 0 Å². The van der Waals surface area contributed by atoms with E-state index in [2.05, 4.69) is 22.6 Å². The van der Waals surface area contributed by atoms with Crippen LogP contribution in [0.25, 0.3) is 0 Å². The van der Waals surface area contributed by atoms with Gasteiger partial charge in [-0.25, -0.2) is 0 Å². The van der Waals surface area contributed by atoms with Gasteiger partial charge in [0.15, 0.2) is 6.29 Å². The van der Waals surface area contributed by atoms with Gasteiger partial charge >= 0.3 is 0 Å². The summed E-state index contributed by atoms with van der Waals surface area (Å²) in [5.41, 5.74) is 0. The molecule has 4 atom stereocenters. The van der Waals surface area contributed by atoms with E-state index in [1.807, 2.05) is 0 Å². The van der Waals surface area contributed by atoms with Crippen LogP contribution in [-0.4, -0.2) is 21.4 Å². The fourth-order valence-corrected chi connectivity index (χ4v) is 3.34. The SMILES string of the molecule is O[C@H]1C[C@@H]2CCC[C@@H](I)[C@@H]2O1. The molecule has 2 rings (SSSR count). The lowest BCUT2D eigenvalue weighted by Crippen LogP contribution is -2.30. The van der Waals surface area contributed by atoms with Gasteiger partial charge in [-0.05, 0) is 18.8 Å². The number of alkyl halides is 1. The molecule has 2 fully saturated rings. The number of rotatable bonds is 0. The quantitative estimate of drug-likeness (QED) is 0.535. The van der Waals surface area contributed by atoms with Crippen LogP contribution in [0.4, 0.5) is 0 Å². The third-order valence-electron chi connectivity index (χ3n) is 2.69. The van der Waals surface area contributed by atoms with Crippen molar-refractivity contribution >= 4 is 22.6 Å².